The summed E-state index contributed by atoms with van der Waals surface area (Å²) in [6.45, 7) is 1.37. The van der Waals surface area contributed by atoms with Gasteiger partial charge in [-0.1, -0.05) is 18.2 Å². The van der Waals surface area contributed by atoms with E-state index < -0.39 is 21.5 Å². The van der Waals surface area contributed by atoms with Crippen LogP contribution in [0.5, 0.6) is 0 Å². The lowest BCUT2D eigenvalue weighted by atomic mass is 10.2. The molecule has 0 bridgehead atoms. The van der Waals surface area contributed by atoms with Crippen LogP contribution in [0.25, 0.3) is 0 Å². The Morgan fingerprint density at radius 1 is 1.07 bits per heavy atom. The summed E-state index contributed by atoms with van der Waals surface area (Å²) < 4.78 is 25.8. The average molecular weight is 443 g/mol. The highest BCUT2D eigenvalue weighted by Gasteiger charge is 2.21. The third-order valence-corrected chi connectivity index (χ3v) is 6.33. The third-order valence-electron chi connectivity index (χ3n) is 3.87. The number of hydrogen-bond donors (Lipinski definition) is 2. The Bertz CT molecular complexity index is 1160. The van der Waals surface area contributed by atoms with E-state index in [9.17, 15) is 18.0 Å². The van der Waals surface area contributed by atoms with E-state index in [-0.39, 0.29) is 16.5 Å². The average Bonchev–Trinajstić information content (AvgIpc) is 3.26. The third kappa shape index (κ3) is 5.58. The van der Waals surface area contributed by atoms with Crippen LogP contribution in [-0.2, 0) is 14.6 Å². The molecule has 10 heteroatoms. The number of amides is 2. The van der Waals surface area contributed by atoms with E-state index in [1.54, 1.807) is 35.7 Å². The lowest BCUT2D eigenvalue weighted by Gasteiger charge is -2.08. The van der Waals surface area contributed by atoms with Gasteiger partial charge in [0, 0.05) is 29.8 Å². The van der Waals surface area contributed by atoms with E-state index in [1.165, 1.54) is 48.7 Å². The molecule has 0 saturated heterocycles. The van der Waals surface area contributed by atoms with Crippen LogP contribution in [0.15, 0.2) is 76.2 Å². The van der Waals surface area contributed by atoms with Crippen molar-refractivity contribution in [1.29, 1.82) is 0 Å². The Morgan fingerprint density at radius 3 is 2.37 bits per heavy atom. The lowest BCUT2D eigenvalue weighted by Crippen LogP contribution is -2.24. The Hall–Kier alpha value is -3.37. The molecule has 0 atom stereocenters. The first-order chi connectivity index (χ1) is 14.3. The lowest BCUT2D eigenvalue weighted by molar-refractivity contribution is -0.114. The zero-order chi connectivity index (χ0) is 21.6. The molecule has 3 aromatic rings. The molecule has 0 radical (unpaired) electrons. The second kappa shape index (κ2) is 9.42. The molecular weight excluding hydrogens is 424 g/mol. The van der Waals surface area contributed by atoms with Crippen molar-refractivity contribution in [1.82, 2.24) is 10.4 Å². The molecule has 3 rings (SSSR count). The number of hydrazone groups is 1. The molecule has 30 heavy (non-hydrogen) atoms. The summed E-state index contributed by atoms with van der Waals surface area (Å²) in [5.41, 5.74) is 3.41. The molecule has 0 unspecified atom stereocenters. The van der Waals surface area contributed by atoms with E-state index in [4.69, 9.17) is 0 Å². The van der Waals surface area contributed by atoms with Crippen molar-refractivity contribution in [3.8, 4) is 0 Å². The number of hydrogen-bond acceptors (Lipinski definition) is 7. The molecule has 1 heterocycles. The quantitative estimate of drug-likeness (QED) is 0.431. The van der Waals surface area contributed by atoms with Crippen molar-refractivity contribution in [2.45, 2.75) is 11.8 Å². The number of carbonyl (C=O) groups excluding carboxylic acids is 2. The predicted octanol–water partition coefficient (Wildman–Crippen LogP) is 2.71. The van der Waals surface area contributed by atoms with Crippen molar-refractivity contribution in [3.63, 3.8) is 0 Å². The Morgan fingerprint density at radius 2 is 1.77 bits per heavy atom. The zero-order valence-corrected chi connectivity index (χ0v) is 17.5. The van der Waals surface area contributed by atoms with Gasteiger partial charge in [0.15, 0.2) is 9.84 Å². The molecule has 0 aliphatic heterocycles. The van der Waals surface area contributed by atoms with Gasteiger partial charge in [0.2, 0.25) is 5.91 Å². The highest BCUT2D eigenvalue weighted by Crippen LogP contribution is 2.18. The first-order valence-corrected chi connectivity index (χ1v) is 11.3. The minimum Gasteiger partial charge on any atom is -0.326 e. The molecule has 0 spiro atoms. The second-order valence-corrected chi connectivity index (χ2v) is 9.05. The Labute approximate surface area is 177 Å². The Balaban J connectivity index is 1.82. The van der Waals surface area contributed by atoms with Gasteiger partial charge in [-0.05, 0) is 36.4 Å². The van der Waals surface area contributed by atoms with E-state index in [1.807, 2.05) is 0 Å². The van der Waals surface area contributed by atoms with Gasteiger partial charge in [-0.2, -0.15) is 5.10 Å². The fourth-order valence-electron chi connectivity index (χ4n) is 2.49. The molecule has 2 N–H and O–H groups in total. The number of carbonyl (C=O) groups is 2. The zero-order valence-electron chi connectivity index (χ0n) is 15.9. The maximum atomic E-state index is 12.9. The molecule has 2 amide bonds. The molecule has 1 aromatic heterocycles. The monoisotopic (exact) mass is 442 g/mol. The van der Waals surface area contributed by atoms with E-state index >= 15 is 0 Å². The van der Waals surface area contributed by atoms with Gasteiger partial charge < -0.3 is 5.32 Å². The smallest absolute Gasteiger partial charge is 0.271 e. The number of rotatable bonds is 7. The largest absolute Gasteiger partial charge is 0.326 e. The second-order valence-electron chi connectivity index (χ2n) is 6.17. The van der Waals surface area contributed by atoms with Crippen LogP contribution in [0.2, 0.25) is 0 Å². The molecule has 0 aliphatic carbocycles. The van der Waals surface area contributed by atoms with Gasteiger partial charge >= 0.3 is 0 Å². The summed E-state index contributed by atoms with van der Waals surface area (Å²) >= 11 is 1.22. The van der Waals surface area contributed by atoms with Gasteiger partial charge in [-0.3, -0.25) is 9.59 Å². The molecule has 2 aromatic carbocycles. The van der Waals surface area contributed by atoms with Gasteiger partial charge in [-0.25, -0.2) is 18.8 Å². The predicted molar refractivity (Wildman–Crippen MR) is 115 cm³/mol. The summed E-state index contributed by atoms with van der Waals surface area (Å²) in [4.78, 5) is 27.6. The first-order valence-electron chi connectivity index (χ1n) is 8.77. The van der Waals surface area contributed by atoms with Crippen LogP contribution in [0.1, 0.15) is 22.3 Å². The highest BCUT2D eigenvalue weighted by atomic mass is 32.2. The molecular formula is C20H18N4O4S2. The molecule has 0 fully saturated rings. The van der Waals surface area contributed by atoms with Crippen molar-refractivity contribution in [2.75, 3.05) is 11.1 Å². The van der Waals surface area contributed by atoms with E-state index in [2.05, 4.69) is 20.8 Å². The number of benzene rings is 2. The molecule has 154 valence electrons. The summed E-state index contributed by atoms with van der Waals surface area (Å²) in [6.07, 6.45) is 1.53. The van der Waals surface area contributed by atoms with Crippen molar-refractivity contribution >= 4 is 44.4 Å². The van der Waals surface area contributed by atoms with Gasteiger partial charge in [-0.15, -0.1) is 11.3 Å². The van der Waals surface area contributed by atoms with Crippen molar-refractivity contribution < 1.29 is 18.0 Å². The Kier molecular flexibility index (Phi) is 6.70. The van der Waals surface area contributed by atoms with Crippen molar-refractivity contribution in [3.05, 3.63) is 76.7 Å². The standard InChI is InChI=1S/C20H18N4O4S2/c1-14(25)22-16-7-9-17(10-8-16)30(27,28)13-18(20-21-11-12-29-20)23-24-19(26)15-5-3-2-4-6-15/h2-12H,13H2,1H3,(H,22,25)(H,24,26)/b23-18-. The fraction of sp³-hybridized carbons (Fsp3) is 0.100. The summed E-state index contributed by atoms with van der Waals surface area (Å²) in [7, 11) is -3.77. The summed E-state index contributed by atoms with van der Waals surface area (Å²) in [5, 5.41) is 8.70. The van der Waals surface area contributed by atoms with Gasteiger partial charge in [0.1, 0.15) is 16.5 Å². The van der Waals surface area contributed by atoms with E-state index in [0.717, 1.165) is 0 Å². The minimum atomic E-state index is -3.77. The number of sulfone groups is 1. The maximum absolute atomic E-state index is 12.9. The fourth-order valence-corrected chi connectivity index (χ4v) is 4.49. The van der Waals surface area contributed by atoms with Crippen LogP contribution in [0.3, 0.4) is 0 Å². The van der Waals surface area contributed by atoms with Crippen LogP contribution in [-0.4, -0.2) is 36.7 Å². The first kappa shape index (κ1) is 21.3. The highest BCUT2D eigenvalue weighted by molar-refractivity contribution is 7.92. The van der Waals surface area contributed by atoms with Crippen LogP contribution in [0.4, 0.5) is 5.69 Å². The molecule has 0 saturated carbocycles. The summed E-state index contributed by atoms with van der Waals surface area (Å²) in [6, 6.07) is 14.3. The van der Waals surface area contributed by atoms with Crippen LogP contribution >= 0.6 is 11.3 Å². The topological polar surface area (TPSA) is 118 Å². The molecule has 8 nitrogen and oxygen atoms in total. The number of aromatic nitrogens is 1. The van der Waals surface area contributed by atoms with Gasteiger partial charge in [0.25, 0.3) is 5.91 Å². The van der Waals surface area contributed by atoms with Crippen LogP contribution in [0, 0.1) is 0 Å². The number of nitrogens with zero attached hydrogens (tertiary/aromatic N) is 2. The van der Waals surface area contributed by atoms with Crippen molar-refractivity contribution in [2.24, 2.45) is 5.10 Å². The normalized spacial score (nSPS) is 11.7. The SMILES string of the molecule is CC(=O)Nc1ccc(S(=O)(=O)C/C(=N/NC(=O)c2ccccc2)c2nccs2)cc1. The molecule has 0 aliphatic rings. The van der Waals surface area contributed by atoms with Crippen LogP contribution < -0.4 is 10.7 Å². The van der Waals surface area contributed by atoms with E-state index in [0.29, 0.717) is 16.3 Å². The summed E-state index contributed by atoms with van der Waals surface area (Å²) in [5.74, 6) is -1.16. The number of anilines is 1. The number of thiazole rings is 1. The maximum Gasteiger partial charge on any atom is 0.271 e. The number of nitrogens with one attached hydrogen (secondary N) is 2. The van der Waals surface area contributed by atoms with Gasteiger partial charge in [0.05, 0.1) is 4.90 Å². The minimum absolute atomic E-state index is 0.0650.